The molecule has 0 bridgehead atoms. The third kappa shape index (κ3) is 26.0. The summed E-state index contributed by atoms with van der Waals surface area (Å²) < 4.78 is 77.0. The average Bonchev–Trinajstić information content (AvgIpc) is 3.48. The van der Waals surface area contributed by atoms with Crippen LogP contribution in [0.15, 0.2) is 0 Å². The summed E-state index contributed by atoms with van der Waals surface area (Å²) in [5.74, 6) is -1.59. The number of carbonyl (C=O) groups excluding carboxylic acids is 6. The van der Waals surface area contributed by atoms with Crippen LogP contribution in [0.2, 0.25) is 0 Å². The van der Waals surface area contributed by atoms with E-state index in [9.17, 15) is 41.4 Å². The van der Waals surface area contributed by atoms with Crippen molar-refractivity contribution in [2.45, 2.75) is 196 Å². The SMILES string of the molecule is CC(C)(C)OC(=O)CC(CO)NC(=O)OC(C)(C)C.CC(C)(C)OC(=O)C[C@@H]1COS(=O)(=O)N1C(=O)OC(C)(C)C.CC(C)(C)OC(=O)C[C@@H]1COS(=O)N1C(=O)OC(C)(C)C. The molecule has 62 heavy (non-hydrogen) atoms. The Kier molecular flexibility index (Phi) is 21.3. The fourth-order valence-corrected chi connectivity index (χ4v) is 6.66. The number of ether oxygens (including phenoxy) is 6. The Labute approximate surface area is 369 Å². The molecule has 3 amide bonds. The Morgan fingerprint density at radius 2 is 1.00 bits per heavy atom. The van der Waals surface area contributed by atoms with Gasteiger partial charge in [-0.2, -0.15) is 17.0 Å². The van der Waals surface area contributed by atoms with Crippen LogP contribution in [0.5, 0.6) is 0 Å². The van der Waals surface area contributed by atoms with Crippen molar-refractivity contribution in [2.24, 2.45) is 0 Å². The van der Waals surface area contributed by atoms with Gasteiger partial charge in [-0.3, -0.25) is 22.7 Å². The quantitative estimate of drug-likeness (QED) is 0.236. The van der Waals surface area contributed by atoms with E-state index in [-0.39, 0.29) is 39.1 Å². The highest BCUT2D eigenvalue weighted by molar-refractivity contribution is 7.85. The lowest BCUT2D eigenvalue weighted by molar-refractivity contribution is -0.157. The van der Waals surface area contributed by atoms with Crippen LogP contribution in [0.1, 0.15) is 144 Å². The molecule has 2 N–H and O–H groups in total. The molecule has 0 spiro atoms. The predicted molar refractivity (Wildman–Crippen MR) is 224 cm³/mol. The third-order valence-electron chi connectivity index (χ3n) is 6.40. The first-order valence-corrected chi connectivity index (χ1v) is 22.2. The van der Waals surface area contributed by atoms with Crippen LogP contribution in [-0.4, -0.2) is 134 Å². The van der Waals surface area contributed by atoms with Gasteiger partial charge in [-0.05, 0) is 125 Å². The third-order valence-corrected chi connectivity index (χ3v) is 8.87. The van der Waals surface area contributed by atoms with E-state index in [0.29, 0.717) is 4.31 Å². The standard InChI is InChI=1S/C13H23NO7S.C13H23NO6S.C13H25NO5/c1-12(2,3)20-10(15)7-9-8-19-22(17,18)14(9)11(16)21-13(4,5)6;1-12(2,3)19-10(15)7-9-8-18-21(17)14(9)11(16)20-13(4,5)6;1-12(2,3)18-10(16)7-9(8-15)14-11(17)19-13(4,5)6/h9H,7-8H2,1-6H3;9H,7-8H2,1-6H3;9,15H,7-8H2,1-6H3,(H,14,17)/t9-;9-,21?;/m11./s1. The van der Waals surface area contributed by atoms with Crippen LogP contribution in [0.25, 0.3) is 0 Å². The fraction of sp³-hybridized carbons (Fsp3) is 0.846. The second-order valence-corrected chi connectivity index (χ2v) is 22.6. The van der Waals surface area contributed by atoms with Crippen LogP contribution in [0.3, 0.4) is 0 Å². The zero-order chi connectivity index (χ0) is 49.0. The summed E-state index contributed by atoms with van der Waals surface area (Å²) in [5.41, 5.74) is -4.14. The van der Waals surface area contributed by atoms with Gasteiger partial charge in [0.05, 0.1) is 57.2 Å². The Morgan fingerprint density at radius 1 is 0.613 bits per heavy atom. The smallest absolute Gasteiger partial charge is 0.426 e. The van der Waals surface area contributed by atoms with E-state index >= 15 is 0 Å². The maximum Gasteiger partial charge on any atom is 0.426 e. The molecule has 2 unspecified atom stereocenters. The van der Waals surface area contributed by atoms with Crippen molar-refractivity contribution in [1.82, 2.24) is 13.9 Å². The van der Waals surface area contributed by atoms with Crippen molar-refractivity contribution in [3.05, 3.63) is 0 Å². The molecular formula is C39H71N3O18S2. The molecule has 0 saturated carbocycles. The van der Waals surface area contributed by atoms with Gasteiger partial charge in [0.1, 0.15) is 33.6 Å². The molecule has 2 fully saturated rings. The molecule has 2 rings (SSSR count). The predicted octanol–water partition coefficient (Wildman–Crippen LogP) is 5.14. The average molecular weight is 934 g/mol. The van der Waals surface area contributed by atoms with Crippen molar-refractivity contribution in [1.29, 1.82) is 0 Å². The molecule has 362 valence electrons. The maximum atomic E-state index is 12.0. The van der Waals surface area contributed by atoms with Gasteiger partial charge in [0.25, 0.3) is 11.3 Å². The van der Waals surface area contributed by atoms with E-state index in [1.54, 1.807) is 125 Å². The topological polar surface area (TPSA) is 266 Å². The number of aliphatic hydroxyl groups is 1. The monoisotopic (exact) mass is 933 g/mol. The van der Waals surface area contributed by atoms with Crippen LogP contribution in [-0.2, 0) is 72.7 Å². The lowest BCUT2D eigenvalue weighted by atomic mass is 10.1. The van der Waals surface area contributed by atoms with Gasteiger partial charge in [0, 0.05) is 0 Å². The summed E-state index contributed by atoms with van der Waals surface area (Å²) in [4.78, 5) is 70.8. The van der Waals surface area contributed by atoms with E-state index < -0.39 is 109 Å². The minimum Gasteiger partial charge on any atom is -0.460 e. The molecule has 2 heterocycles. The number of amides is 3. The minimum absolute atomic E-state index is 0.00506. The van der Waals surface area contributed by atoms with Crippen molar-refractivity contribution in [2.75, 3.05) is 19.8 Å². The van der Waals surface area contributed by atoms with E-state index in [0.717, 1.165) is 4.31 Å². The molecule has 0 aromatic carbocycles. The summed E-state index contributed by atoms with van der Waals surface area (Å²) in [6, 6.07) is -2.35. The molecule has 2 aliphatic rings. The Balaban J connectivity index is 0.000000903. The van der Waals surface area contributed by atoms with Gasteiger partial charge in [-0.15, -0.1) is 0 Å². The van der Waals surface area contributed by atoms with Crippen LogP contribution < -0.4 is 5.32 Å². The first-order valence-electron chi connectivity index (χ1n) is 19.8. The summed E-state index contributed by atoms with van der Waals surface area (Å²) in [7, 11) is -4.25. The lowest BCUT2D eigenvalue weighted by Gasteiger charge is -2.26. The van der Waals surface area contributed by atoms with Gasteiger partial charge in [0.15, 0.2) is 0 Å². The van der Waals surface area contributed by atoms with Gasteiger partial charge >= 0.3 is 46.5 Å². The number of rotatable bonds is 8. The number of esters is 3. The fourth-order valence-electron chi connectivity index (χ4n) is 4.57. The molecule has 2 aliphatic heterocycles. The van der Waals surface area contributed by atoms with Crippen molar-refractivity contribution >= 4 is 57.8 Å². The van der Waals surface area contributed by atoms with Crippen molar-refractivity contribution < 1.29 is 83.3 Å². The normalized spacial score (nSPS) is 19.6. The molecule has 21 nitrogen and oxygen atoms in total. The number of alkyl carbamates (subject to hydrolysis) is 1. The van der Waals surface area contributed by atoms with E-state index in [1.807, 2.05) is 0 Å². The summed E-state index contributed by atoms with van der Waals surface area (Å²) in [6.45, 7) is 30.0. The molecule has 0 aromatic heterocycles. The van der Waals surface area contributed by atoms with Crippen LogP contribution in [0.4, 0.5) is 14.4 Å². The zero-order valence-corrected chi connectivity index (χ0v) is 41.2. The van der Waals surface area contributed by atoms with Gasteiger partial charge in [0.2, 0.25) is 0 Å². The first kappa shape index (κ1) is 58.2. The lowest BCUT2D eigenvalue weighted by Crippen LogP contribution is -2.44. The molecular weight excluding hydrogens is 863 g/mol. The summed E-state index contributed by atoms with van der Waals surface area (Å²) in [5, 5.41) is 11.6. The number of aliphatic hydroxyl groups excluding tert-OH is 1. The van der Waals surface area contributed by atoms with Gasteiger partial charge in [-0.25, -0.2) is 18.6 Å². The summed E-state index contributed by atoms with van der Waals surface area (Å²) >= 11 is -1.94. The largest absolute Gasteiger partial charge is 0.460 e. The van der Waals surface area contributed by atoms with Crippen LogP contribution >= 0.6 is 0 Å². The van der Waals surface area contributed by atoms with Crippen molar-refractivity contribution in [3.8, 4) is 0 Å². The molecule has 4 atom stereocenters. The maximum absolute atomic E-state index is 12.0. The molecule has 0 aromatic rings. The van der Waals surface area contributed by atoms with E-state index in [2.05, 4.69) is 9.50 Å². The van der Waals surface area contributed by atoms with E-state index in [4.69, 9.17) is 37.7 Å². The second-order valence-electron chi connectivity index (χ2n) is 20.0. The molecule has 0 aliphatic carbocycles. The number of nitrogens with one attached hydrogen (secondary N) is 1. The summed E-state index contributed by atoms with van der Waals surface area (Å²) in [6.07, 6.45) is -3.01. The Hall–Kier alpha value is -3.80. The highest BCUT2D eigenvalue weighted by Crippen LogP contribution is 2.26. The second kappa shape index (κ2) is 22.7. The Morgan fingerprint density at radius 3 is 1.40 bits per heavy atom. The zero-order valence-electron chi connectivity index (χ0n) is 39.6. The molecule has 2 saturated heterocycles. The van der Waals surface area contributed by atoms with Crippen molar-refractivity contribution in [3.63, 3.8) is 0 Å². The Bertz CT molecular complexity index is 1650. The van der Waals surface area contributed by atoms with E-state index in [1.165, 1.54) is 0 Å². The number of nitrogens with zero attached hydrogens (tertiary/aromatic N) is 2. The van der Waals surface area contributed by atoms with Crippen LogP contribution in [0, 0.1) is 0 Å². The number of carbonyl (C=O) groups is 6. The highest BCUT2D eigenvalue weighted by Gasteiger charge is 2.46. The number of hydrogen-bond acceptors (Lipinski definition) is 18. The first-order chi connectivity index (χ1) is 27.5. The molecule has 23 heteroatoms. The number of hydrogen-bond donors (Lipinski definition) is 2. The van der Waals surface area contributed by atoms with Gasteiger partial charge in [-0.1, -0.05) is 0 Å². The van der Waals surface area contributed by atoms with Gasteiger partial charge < -0.3 is 38.8 Å². The minimum atomic E-state index is -4.25. The molecule has 0 radical (unpaired) electrons. The highest BCUT2D eigenvalue weighted by atomic mass is 32.2.